The van der Waals surface area contributed by atoms with E-state index in [1.807, 2.05) is 137 Å². The van der Waals surface area contributed by atoms with E-state index in [0.29, 0.717) is 0 Å². The molecule has 0 fully saturated rings. The van der Waals surface area contributed by atoms with Gasteiger partial charge in [0.15, 0.2) is 0 Å². The molecule has 0 saturated carbocycles. The minimum absolute atomic E-state index is 1.05. The fourth-order valence-electron chi connectivity index (χ4n) is 3.05. The fourth-order valence-corrected chi connectivity index (χ4v) is 20.6. The number of aryl methyl sites for hydroxylation is 1. The second-order valence-corrected chi connectivity index (χ2v) is 33.0. The first-order valence-corrected chi connectivity index (χ1v) is 24.9. The van der Waals surface area contributed by atoms with E-state index in [0.717, 1.165) is 9.81 Å². The van der Waals surface area contributed by atoms with Crippen LogP contribution in [0.4, 0.5) is 0 Å². The molecule has 4 aromatic carbocycles. The maximum absolute atomic E-state index is 7.35. The number of hydrogen-bond acceptors (Lipinski definition) is 0. The van der Waals surface area contributed by atoms with Crippen LogP contribution >= 0.6 is 17.0 Å². The van der Waals surface area contributed by atoms with Gasteiger partial charge in [0.2, 0.25) is 0 Å². The summed E-state index contributed by atoms with van der Waals surface area (Å²) in [6.07, 6.45) is 0. The van der Waals surface area contributed by atoms with E-state index in [-0.39, 0.29) is 0 Å². The van der Waals surface area contributed by atoms with Crippen molar-refractivity contribution >= 4 is 43.2 Å². The van der Waals surface area contributed by atoms with Gasteiger partial charge in [0.25, 0.3) is 0 Å². The first kappa shape index (κ1) is 28.4. The van der Waals surface area contributed by atoms with Crippen molar-refractivity contribution in [3.05, 3.63) is 127 Å². The summed E-state index contributed by atoms with van der Waals surface area (Å²) in [4.78, 5) is 0. The Bertz CT molecular complexity index is 883. The average molecular weight is 663 g/mol. The van der Waals surface area contributed by atoms with Crippen LogP contribution in [0.5, 0.6) is 0 Å². The normalized spacial score (nSPS) is 11.0. The average Bonchev–Trinajstić information content (AvgIpc) is 2.89. The third-order valence-corrected chi connectivity index (χ3v) is 28.9. The second kappa shape index (κ2) is 14.5. The van der Waals surface area contributed by atoms with E-state index in [4.69, 9.17) is 17.0 Å². The molecule has 0 N–H and O–H groups in total. The Morgan fingerprint density at radius 2 is 0.625 bits per heavy atom. The van der Waals surface area contributed by atoms with Gasteiger partial charge in [0.05, 0.1) is 0 Å². The molecule has 0 aliphatic heterocycles. The minimum atomic E-state index is -4.57. The molecule has 0 spiro atoms. The molecule has 0 aliphatic rings. The van der Waals surface area contributed by atoms with Crippen LogP contribution in [-0.4, -0.2) is 16.4 Å². The third-order valence-electron chi connectivity index (χ3n) is 4.57. The molecule has 32 heavy (non-hydrogen) atoms. The summed E-state index contributed by atoms with van der Waals surface area (Å²) in [5, 5.41) is 0. The van der Waals surface area contributed by atoms with Crippen molar-refractivity contribution in [2.24, 2.45) is 0 Å². The summed E-state index contributed by atoms with van der Waals surface area (Å²) in [5.41, 5.74) is 1.32. The summed E-state index contributed by atoms with van der Waals surface area (Å²) < 4.78 is 3.14. The van der Waals surface area contributed by atoms with E-state index < -0.39 is 16.4 Å². The van der Waals surface area contributed by atoms with Gasteiger partial charge in [-0.3, -0.25) is 0 Å². The molecule has 0 nitrogen and oxygen atoms in total. The van der Waals surface area contributed by atoms with Crippen molar-refractivity contribution < 1.29 is 0 Å². The summed E-state index contributed by atoms with van der Waals surface area (Å²) in [7, 11) is 14.7. The molecule has 0 aliphatic carbocycles. The number of halogens is 2. The molecule has 0 unspecified atom stereocenters. The molecule has 0 heterocycles. The zero-order valence-corrected chi connectivity index (χ0v) is 24.7. The van der Waals surface area contributed by atoms with Crippen LogP contribution in [0.3, 0.4) is 0 Å². The van der Waals surface area contributed by atoms with Gasteiger partial charge in [-0.1, -0.05) is 63.6 Å². The van der Waals surface area contributed by atoms with E-state index in [2.05, 4.69) is 19.1 Å². The van der Waals surface area contributed by atoms with Crippen LogP contribution in [0, 0.1) is 6.92 Å². The quantitative estimate of drug-likeness (QED) is 0.198. The Labute approximate surface area is 203 Å². The summed E-state index contributed by atoms with van der Waals surface area (Å²) in [5.74, 6) is 0. The van der Waals surface area contributed by atoms with Crippen LogP contribution in [0.15, 0.2) is 121 Å². The molecular weight excluding hydrogens is 628 g/mol. The predicted octanol–water partition coefficient (Wildman–Crippen LogP) is 7.63. The van der Waals surface area contributed by atoms with E-state index in [1.165, 1.54) is 5.56 Å². The monoisotopic (exact) mass is 662 g/mol. The van der Waals surface area contributed by atoms with Gasteiger partial charge in [-0.2, -0.15) is 0 Å². The molecule has 4 rings (SSSR count). The maximum atomic E-state index is 7.35. The molecule has 0 radical (unpaired) electrons. The molecular formula is C29H35BiCl2. The van der Waals surface area contributed by atoms with Crippen molar-refractivity contribution in [1.29, 1.82) is 0 Å². The topological polar surface area (TPSA) is 0 Å². The van der Waals surface area contributed by atoms with Crippen molar-refractivity contribution in [3.63, 3.8) is 0 Å². The zero-order chi connectivity index (χ0) is 23.9. The predicted molar refractivity (Wildman–Crippen MR) is 150 cm³/mol. The summed E-state index contributed by atoms with van der Waals surface area (Å²) in [6.45, 7) is 10.1. The SMILES string of the molecule is CC.CC.Cc1ccccc1.[Cl][Bi]([Cl])([c]1ccccc1)([c]1ccccc1)[c]1ccccc1. The van der Waals surface area contributed by atoms with Gasteiger partial charge in [0.1, 0.15) is 0 Å². The molecule has 170 valence electrons. The fraction of sp³-hybridized carbons (Fsp3) is 0.172. The summed E-state index contributed by atoms with van der Waals surface area (Å²) in [6, 6.07) is 40.5. The molecule has 3 heteroatoms. The molecule has 0 amide bonds. The van der Waals surface area contributed by atoms with Crippen LogP contribution in [0.25, 0.3) is 0 Å². The first-order valence-electron chi connectivity index (χ1n) is 11.2. The van der Waals surface area contributed by atoms with Crippen LogP contribution in [0.2, 0.25) is 0 Å². The van der Waals surface area contributed by atoms with Gasteiger partial charge in [-0.25, -0.2) is 0 Å². The number of rotatable bonds is 3. The van der Waals surface area contributed by atoms with E-state index in [1.54, 1.807) is 0 Å². The van der Waals surface area contributed by atoms with Gasteiger partial charge >= 0.3 is 134 Å². The van der Waals surface area contributed by atoms with Crippen molar-refractivity contribution in [2.75, 3.05) is 0 Å². The van der Waals surface area contributed by atoms with Crippen molar-refractivity contribution in [3.8, 4) is 0 Å². The molecule has 4 aromatic rings. The van der Waals surface area contributed by atoms with Gasteiger partial charge in [-0.15, -0.1) is 0 Å². The second-order valence-electron chi connectivity index (χ2n) is 6.57. The van der Waals surface area contributed by atoms with Gasteiger partial charge in [-0.05, 0) is 6.92 Å². The van der Waals surface area contributed by atoms with Crippen molar-refractivity contribution in [2.45, 2.75) is 34.6 Å². The van der Waals surface area contributed by atoms with E-state index in [9.17, 15) is 0 Å². The van der Waals surface area contributed by atoms with Crippen LogP contribution < -0.4 is 9.81 Å². The Balaban J connectivity index is 0.000000390. The third kappa shape index (κ3) is 7.18. The molecule has 0 atom stereocenters. The Hall–Kier alpha value is -1.66. The summed E-state index contributed by atoms with van der Waals surface area (Å²) >= 11 is -4.57. The first-order chi connectivity index (χ1) is 15.5. The van der Waals surface area contributed by atoms with Gasteiger partial charge < -0.3 is 0 Å². The zero-order valence-electron chi connectivity index (χ0n) is 19.8. The van der Waals surface area contributed by atoms with E-state index >= 15 is 0 Å². The molecule has 0 aromatic heterocycles. The van der Waals surface area contributed by atoms with Crippen LogP contribution in [-0.2, 0) is 0 Å². The Kier molecular flexibility index (Phi) is 12.8. The van der Waals surface area contributed by atoms with Gasteiger partial charge in [0, 0.05) is 0 Å². The Morgan fingerprint density at radius 1 is 0.406 bits per heavy atom. The molecule has 0 bridgehead atoms. The standard InChI is InChI=1S/C7H8.3C6H5.2C2H6.Bi.2ClH/c1-7-5-3-2-4-6-7;3*1-2-4-6-5-3-1;2*1-2;;;/h2-6H,1H3;3*1-5H;2*1-2H3;;2*1H/q;;;;;;+2;;/p-2. The molecule has 0 saturated heterocycles. The van der Waals surface area contributed by atoms with Crippen LogP contribution in [0.1, 0.15) is 33.3 Å². The number of hydrogen-bond donors (Lipinski definition) is 0. The van der Waals surface area contributed by atoms with Crippen molar-refractivity contribution in [1.82, 2.24) is 0 Å². The Morgan fingerprint density at radius 3 is 0.812 bits per heavy atom. The number of benzene rings is 4.